The number of ether oxygens (including phenoxy) is 1. The topological polar surface area (TPSA) is 38.3 Å². The second-order valence-electron chi connectivity index (χ2n) is 3.66. The minimum absolute atomic E-state index is 0.285. The molecule has 0 radical (unpaired) electrons. The van der Waals surface area contributed by atoms with Crippen LogP contribution in [0.2, 0.25) is 0 Å². The van der Waals surface area contributed by atoms with Crippen LogP contribution in [0.1, 0.15) is 19.4 Å². The highest BCUT2D eigenvalue weighted by Crippen LogP contribution is 2.25. The molecule has 0 spiro atoms. The lowest BCUT2D eigenvalue weighted by Gasteiger charge is -2.28. The SMILES string of the molecule is CCNC(C)(C(=O)OC)c1cccc(Br)c1. The molecule has 0 saturated heterocycles. The third-order valence-electron chi connectivity index (χ3n) is 2.53. The van der Waals surface area contributed by atoms with Crippen molar-refractivity contribution in [1.29, 1.82) is 0 Å². The molecule has 1 aromatic rings. The Hall–Kier alpha value is -0.870. The molecule has 1 unspecified atom stereocenters. The fourth-order valence-electron chi connectivity index (χ4n) is 1.65. The van der Waals surface area contributed by atoms with Crippen molar-refractivity contribution in [3.05, 3.63) is 34.3 Å². The molecular formula is C12H16BrNO2. The van der Waals surface area contributed by atoms with Gasteiger partial charge >= 0.3 is 5.97 Å². The van der Waals surface area contributed by atoms with Gasteiger partial charge in [0.2, 0.25) is 0 Å². The van der Waals surface area contributed by atoms with E-state index in [4.69, 9.17) is 4.74 Å². The summed E-state index contributed by atoms with van der Waals surface area (Å²) in [7, 11) is 1.40. The lowest BCUT2D eigenvalue weighted by atomic mass is 9.92. The second-order valence-corrected chi connectivity index (χ2v) is 4.57. The lowest BCUT2D eigenvalue weighted by Crippen LogP contribution is -2.47. The van der Waals surface area contributed by atoms with E-state index in [1.165, 1.54) is 7.11 Å². The molecule has 0 aliphatic carbocycles. The lowest BCUT2D eigenvalue weighted by molar-refractivity contribution is -0.148. The predicted octanol–water partition coefficient (Wildman–Crippen LogP) is 2.45. The minimum atomic E-state index is -0.798. The van der Waals surface area contributed by atoms with E-state index >= 15 is 0 Å². The summed E-state index contributed by atoms with van der Waals surface area (Å²) < 4.78 is 5.79. The zero-order valence-electron chi connectivity index (χ0n) is 9.71. The fourth-order valence-corrected chi connectivity index (χ4v) is 2.05. The Labute approximate surface area is 104 Å². The van der Waals surface area contributed by atoms with Crippen LogP contribution in [0.3, 0.4) is 0 Å². The zero-order chi connectivity index (χ0) is 12.2. The van der Waals surface area contributed by atoms with Crippen molar-refractivity contribution in [3.63, 3.8) is 0 Å². The first kappa shape index (κ1) is 13.2. The Morgan fingerprint density at radius 2 is 2.25 bits per heavy atom. The molecule has 0 aromatic heterocycles. The first-order valence-electron chi connectivity index (χ1n) is 5.14. The highest BCUT2D eigenvalue weighted by Gasteiger charge is 2.35. The summed E-state index contributed by atoms with van der Waals surface area (Å²) in [6.45, 7) is 4.47. The van der Waals surface area contributed by atoms with Crippen LogP contribution in [0.25, 0.3) is 0 Å². The van der Waals surface area contributed by atoms with E-state index in [-0.39, 0.29) is 5.97 Å². The molecule has 0 saturated carbocycles. The van der Waals surface area contributed by atoms with Crippen molar-refractivity contribution in [2.75, 3.05) is 13.7 Å². The summed E-state index contributed by atoms with van der Waals surface area (Å²) in [6, 6.07) is 7.65. The fraction of sp³-hybridized carbons (Fsp3) is 0.417. The Morgan fingerprint density at radius 3 is 2.75 bits per heavy atom. The number of likely N-dealkylation sites (N-methyl/N-ethyl adjacent to an activating group) is 1. The van der Waals surface area contributed by atoms with Crippen LogP contribution >= 0.6 is 15.9 Å². The minimum Gasteiger partial charge on any atom is -0.467 e. The van der Waals surface area contributed by atoms with Crippen molar-refractivity contribution in [2.24, 2.45) is 0 Å². The molecular weight excluding hydrogens is 270 g/mol. The number of hydrogen-bond donors (Lipinski definition) is 1. The van der Waals surface area contributed by atoms with Gasteiger partial charge in [-0.2, -0.15) is 0 Å². The van der Waals surface area contributed by atoms with E-state index in [0.717, 1.165) is 10.0 Å². The number of methoxy groups -OCH3 is 1. The van der Waals surface area contributed by atoms with Gasteiger partial charge in [-0.15, -0.1) is 0 Å². The number of halogens is 1. The van der Waals surface area contributed by atoms with Gasteiger partial charge < -0.3 is 4.74 Å². The van der Waals surface area contributed by atoms with Gasteiger partial charge in [0.1, 0.15) is 5.54 Å². The molecule has 0 heterocycles. The van der Waals surface area contributed by atoms with E-state index in [0.29, 0.717) is 6.54 Å². The predicted molar refractivity (Wildman–Crippen MR) is 67.2 cm³/mol. The van der Waals surface area contributed by atoms with Crippen molar-refractivity contribution >= 4 is 21.9 Å². The third-order valence-corrected chi connectivity index (χ3v) is 3.02. The van der Waals surface area contributed by atoms with Crippen LogP contribution in [0.4, 0.5) is 0 Å². The average molecular weight is 286 g/mol. The third kappa shape index (κ3) is 2.62. The Balaban J connectivity index is 3.15. The van der Waals surface area contributed by atoms with Crippen molar-refractivity contribution in [1.82, 2.24) is 5.32 Å². The van der Waals surface area contributed by atoms with Crippen molar-refractivity contribution in [2.45, 2.75) is 19.4 Å². The average Bonchev–Trinajstić information content (AvgIpc) is 2.28. The maximum atomic E-state index is 11.8. The highest BCUT2D eigenvalue weighted by atomic mass is 79.9. The summed E-state index contributed by atoms with van der Waals surface area (Å²) in [4.78, 5) is 11.8. The van der Waals surface area contributed by atoms with Gasteiger partial charge in [0.25, 0.3) is 0 Å². The monoisotopic (exact) mass is 285 g/mol. The van der Waals surface area contributed by atoms with Gasteiger partial charge in [0.15, 0.2) is 0 Å². The molecule has 0 amide bonds. The molecule has 0 aliphatic rings. The first-order chi connectivity index (χ1) is 7.54. The molecule has 16 heavy (non-hydrogen) atoms. The molecule has 1 atom stereocenters. The number of carbonyl (C=O) groups is 1. The zero-order valence-corrected chi connectivity index (χ0v) is 11.3. The molecule has 1 rings (SSSR count). The quantitative estimate of drug-likeness (QED) is 0.864. The van der Waals surface area contributed by atoms with Crippen molar-refractivity contribution < 1.29 is 9.53 Å². The molecule has 1 aromatic carbocycles. The van der Waals surface area contributed by atoms with Gasteiger partial charge in [-0.1, -0.05) is 35.0 Å². The van der Waals surface area contributed by atoms with Gasteiger partial charge in [-0.05, 0) is 31.2 Å². The molecule has 88 valence electrons. The summed E-state index contributed by atoms with van der Waals surface area (Å²) in [5.74, 6) is -0.285. The Bertz CT molecular complexity index is 381. The van der Waals surface area contributed by atoms with Crippen LogP contribution in [0.5, 0.6) is 0 Å². The van der Waals surface area contributed by atoms with E-state index in [1.807, 2.05) is 38.1 Å². The van der Waals surface area contributed by atoms with Crippen LogP contribution in [-0.2, 0) is 15.1 Å². The number of benzene rings is 1. The number of esters is 1. The summed E-state index contributed by atoms with van der Waals surface area (Å²) in [5, 5.41) is 3.16. The molecule has 0 aliphatic heterocycles. The van der Waals surface area contributed by atoms with E-state index < -0.39 is 5.54 Å². The summed E-state index contributed by atoms with van der Waals surface area (Å²) >= 11 is 3.40. The maximum absolute atomic E-state index is 11.8. The number of nitrogens with one attached hydrogen (secondary N) is 1. The highest BCUT2D eigenvalue weighted by molar-refractivity contribution is 9.10. The Kier molecular flexibility index (Phi) is 4.50. The summed E-state index contributed by atoms with van der Waals surface area (Å²) in [6.07, 6.45) is 0. The van der Waals surface area contributed by atoms with Crippen LogP contribution in [0, 0.1) is 0 Å². The second kappa shape index (κ2) is 5.46. The van der Waals surface area contributed by atoms with E-state index in [2.05, 4.69) is 21.2 Å². The molecule has 1 N–H and O–H groups in total. The first-order valence-corrected chi connectivity index (χ1v) is 5.93. The number of carbonyl (C=O) groups excluding carboxylic acids is 1. The largest absolute Gasteiger partial charge is 0.467 e. The van der Waals surface area contributed by atoms with Crippen LogP contribution < -0.4 is 5.32 Å². The molecule has 0 bridgehead atoms. The maximum Gasteiger partial charge on any atom is 0.330 e. The number of rotatable bonds is 4. The van der Waals surface area contributed by atoms with E-state index in [1.54, 1.807) is 0 Å². The van der Waals surface area contributed by atoms with Crippen molar-refractivity contribution in [3.8, 4) is 0 Å². The Morgan fingerprint density at radius 1 is 1.56 bits per heavy atom. The van der Waals surface area contributed by atoms with Gasteiger partial charge in [-0.3, -0.25) is 5.32 Å². The van der Waals surface area contributed by atoms with Gasteiger partial charge in [-0.25, -0.2) is 4.79 Å². The molecule has 0 fully saturated rings. The number of hydrogen-bond acceptors (Lipinski definition) is 3. The standard InChI is InChI=1S/C12H16BrNO2/c1-4-14-12(2,11(15)16-3)9-6-5-7-10(13)8-9/h5-8,14H,4H2,1-3H3. The summed E-state index contributed by atoms with van der Waals surface area (Å²) in [5.41, 5.74) is 0.0865. The molecule has 3 nitrogen and oxygen atoms in total. The van der Waals surface area contributed by atoms with Crippen LogP contribution in [0.15, 0.2) is 28.7 Å². The van der Waals surface area contributed by atoms with E-state index in [9.17, 15) is 4.79 Å². The van der Waals surface area contributed by atoms with Gasteiger partial charge in [0, 0.05) is 4.47 Å². The molecule has 4 heteroatoms. The van der Waals surface area contributed by atoms with Crippen LogP contribution in [-0.4, -0.2) is 19.6 Å². The normalized spacial score (nSPS) is 14.2. The van der Waals surface area contributed by atoms with Gasteiger partial charge in [0.05, 0.1) is 7.11 Å². The smallest absolute Gasteiger partial charge is 0.330 e.